The summed E-state index contributed by atoms with van der Waals surface area (Å²) in [6.45, 7) is 6.10. The van der Waals surface area contributed by atoms with Crippen LogP contribution in [0.1, 0.15) is 32.3 Å². The van der Waals surface area contributed by atoms with Gasteiger partial charge >= 0.3 is 0 Å². The molecule has 3 atom stereocenters. The Balaban J connectivity index is 2.08. The van der Waals surface area contributed by atoms with E-state index in [0.29, 0.717) is 17.7 Å². The number of methoxy groups -OCH3 is 1. The summed E-state index contributed by atoms with van der Waals surface area (Å²) in [7, 11) is 1.49. The molecule has 0 aromatic heterocycles. The van der Waals surface area contributed by atoms with Crippen LogP contribution >= 0.6 is 0 Å². The molecular weight excluding hydrogens is 269 g/mol. The van der Waals surface area contributed by atoms with Gasteiger partial charge < -0.3 is 14.8 Å². The van der Waals surface area contributed by atoms with Gasteiger partial charge in [-0.3, -0.25) is 0 Å². The van der Waals surface area contributed by atoms with Crippen molar-refractivity contribution in [1.82, 2.24) is 5.32 Å². The van der Waals surface area contributed by atoms with Crippen LogP contribution in [0.2, 0.25) is 0 Å². The van der Waals surface area contributed by atoms with Crippen LogP contribution in [-0.2, 0) is 11.2 Å². The molecule has 3 unspecified atom stereocenters. The second kappa shape index (κ2) is 7.76. The Kier molecular flexibility index (Phi) is 6.00. The molecule has 1 aromatic carbocycles. The van der Waals surface area contributed by atoms with Gasteiger partial charge in [0.2, 0.25) is 0 Å². The summed E-state index contributed by atoms with van der Waals surface area (Å²) in [6.07, 6.45) is 3.25. The van der Waals surface area contributed by atoms with E-state index >= 15 is 0 Å². The Bertz CT molecular complexity index is 452. The Morgan fingerprint density at radius 1 is 1.48 bits per heavy atom. The first-order valence-electron chi connectivity index (χ1n) is 7.83. The van der Waals surface area contributed by atoms with E-state index in [1.54, 1.807) is 12.1 Å². The van der Waals surface area contributed by atoms with Crippen molar-refractivity contribution in [1.29, 1.82) is 0 Å². The second-order valence-corrected chi connectivity index (χ2v) is 5.76. The predicted octanol–water partition coefficient (Wildman–Crippen LogP) is 3.17. The highest BCUT2D eigenvalue weighted by atomic mass is 19.1. The minimum atomic E-state index is -0.292. The number of ether oxygens (including phenoxy) is 2. The zero-order valence-corrected chi connectivity index (χ0v) is 13.2. The van der Waals surface area contributed by atoms with E-state index < -0.39 is 0 Å². The number of nitrogens with one attached hydrogen (secondary N) is 1. The van der Waals surface area contributed by atoms with Crippen LogP contribution < -0.4 is 10.1 Å². The van der Waals surface area contributed by atoms with E-state index in [1.165, 1.54) is 7.11 Å². The van der Waals surface area contributed by atoms with Crippen molar-refractivity contribution in [3.63, 3.8) is 0 Å². The van der Waals surface area contributed by atoms with E-state index in [-0.39, 0.29) is 11.9 Å². The lowest BCUT2D eigenvalue weighted by Crippen LogP contribution is -2.41. The van der Waals surface area contributed by atoms with Crippen LogP contribution in [0.5, 0.6) is 5.75 Å². The third-order valence-electron chi connectivity index (χ3n) is 4.28. The lowest BCUT2D eigenvalue weighted by atomic mass is 9.88. The normalized spacial score (nSPS) is 23.2. The first kappa shape index (κ1) is 16.2. The van der Waals surface area contributed by atoms with E-state index in [9.17, 15) is 4.39 Å². The van der Waals surface area contributed by atoms with Gasteiger partial charge in [0.1, 0.15) is 0 Å². The summed E-state index contributed by atoms with van der Waals surface area (Å²) < 4.78 is 24.5. The number of benzene rings is 1. The number of rotatable bonds is 7. The molecule has 0 aliphatic carbocycles. The fourth-order valence-electron chi connectivity index (χ4n) is 3.07. The van der Waals surface area contributed by atoms with Crippen LogP contribution in [-0.4, -0.2) is 32.4 Å². The van der Waals surface area contributed by atoms with E-state index in [1.807, 2.05) is 6.07 Å². The number of hydrogen-bond acceptors (Lipinski definition) is 3. The molecule has 1 N–H and O–H groups in total. The summed E-state index contributed by atoms with van der Waals surface area (Å²) in [5, 5.41) is 3.60. The highest BCUT2D eigenvalue weighted by molar-refractivity contribution is 5.29. The monoisotopic (exact) mass is 295 g/mol. The summed E-state index contributed by atoms with van der Waals surface area (Å²) >= 11 is 0. The van der Waals surface area contributed by atoms with Crippen molar-refractivity contribution >= 4 is 0 Å². The molecule has 0 radical (unpaired) electrons. The van der Waals surface area contributed by atoms with Gasteiger partial charge in [-0.1, -0.05) is 13.0 Å². The molecule has 1 saturated heterocycles. The molecule has 1 aliphatic rings. The maximum atomic E-state index is 13.8. The molecule has 1 fully saturated rings. The van der Waals surface area contributed by atoms with Crippen LogP contribution in [0.3, 0.4) is 0 Å². The predicted molar refractivity (Wildman–Crippen MR) is 82.3 cm³/mol. The molecule has 1 aromatic rings. The van der Waals surface area contributed by atoms with Crippen LogP contribution in [0.15, 0.2) is 18.2 Å². The fourth-order valence-corrected chi connectivity index (χ4v) is 3.07. The molecule has 0 bridgehead atoms. The first-order valence-corrected chi connectivity index (χ1v) is 7.83. The zero-order chi connectivity index (χ0) is 15.2. The minimum absolute atomic E-state index is 0.266. The van der Waals surface area contributed by atoms with Crippen LogP contribution in [0.25, 0.3) is 0 Å². The van der Waals surface area contributed by atoms with Crippen molar-refractivity contribution in [2.24, 2.45) is 5.92 Å². The molecule has 0 saturated carbocycles. The Labute approximate surface area is 126 Å². The highest BCUT2D eigenvalue weighted by Gasteiger charge is 2.31. The maximum absolute atomic E-state index is 13.8. The summed E-state index contributed by atoms with van der Waals surface area (Å²) in [5.74, 6) is 0.496. The second-order valence-electron chi connectivity index (χ2n) is 5.76. The first-order chi connectivity index (χ1) is 10.2. The summed E-state index contributed by atoms with van der Waals surface area (Å²) in [4.78, 5) is 0. The van der Waals surface area contributed by atoms with Gasteiger partial charge in [0, 0.05) is 18.6 Å². The third-order valence-corrected chi connectivity index (χ3v) is 4.28. The van der Waals surface area contributed by atoms with Gasteiger partial charge in [-0.15, -0.1) is 0 Å². The smallest absolute Gasteiger partial charge is 0.165 e. The standard InChI is InChI=1S/C17H26FNO2/c1-4-8-19-16(14-7-9-21-12(14)2)11-13-5-6-17(20-3)15(18)10-13/h5-6,10,12,14,16,19H,4,7-9,11H2,1-3H3. The lowest BCUT2D eigenvalue weighted by Gasteiger charge is -2.27. The van der Waals surface area contributed by atoms with Crippen LogP contribution in [0, 0.1) is 11.7 Å². The lowest BCUT2D eigenvalue weighted by molar-refractivity contribution is 0.0954. The van der Waals surface area contributed by atoms with E-state index in [4.69, 9.17) is 9.47 Å². The topological polar surface area (TPSA) is 30.5 Å². The van der Waals surface area contributed by atoms with Gasteiger partial charge in [-0.05, 0) is 50.4 Å². The Morgan fingerprint density at radius 3 is 2.86 bits per heavy atom. The van der Waals surface area contributed by atoms with Gasteiger partial charge in [0.05, 0.1) is 13.2 Å². The fraction of sp³-hybridized carbons (Fsp3) is 0.647. The molecule has 118 valence electrons. The van der Waals surface area contributed by atoms with Crippen molar-refractivity contribution in [2.75, 3.05) is 20.3 Å². The number of halogens is 1. The Hall–Kier alpha value is -1.13. The highest BCUT2D eigenvalue weighted by Crippen LogP contribution is 2.27. The van der Waals surface area contributed by atoms with E-state index in [0.717, 1.165) is 38.0 Å². The van der Waals surface area contributed by atoms with Crippen molar-refractivity contribution in [3.05, 3.63) is 29.6 Å². The molecule has 21 heavy (non-hydrogen) atoms. The molecule has 2 rings (SSSR count). The van der Waals surface area contributed by atoms with Gasteiger partial charge in [0.25, 0.3) is 0 Å². The maximum Gasteiger partial charge on any atom is 0.165 e. The van der Waals surface area contributed by atoms with Crippen molar-refractivity contribution in [2.45, 2.75) is 45.3 Å². The zero-order valence-electron chi connectivity index (χ0n) is 13.2. The molecule has 1 aliphatic heterocycles. The average Bonchev–Trinajstić information content (AvgIpc) is 2.90. The van der Waals surface area contributed by atoms with Gasteiger partial charge in [0.15, 0.2) is 11.6 Å². The molecule has 3 nitrogen and oxygen atoms in total. The van der Waals surface area contributed by atoms with Crippen molar-refractivity contribution in [3.8, 4) is 5.75 Å². The average molecular weight is 295 g/mol. The Morgan fingerprint density at radius 2 is 2.29 bits per heavy atom. The largest absolute Gasteiger partial charge is 0.494 e. The molecule has 4 heteroatoms. The molecule has 1 heterocycles. The van der Waals surface area contributed by atoms with Gasteiger partial charge in [-0.2, -0.15) is 0 Å². The summed E-state index contributed by atoms with van der Waals surface area (Å²) in [6, 6.07) is 5.56. The third kappa shape index (κ3) is 4.17. The minimum Gasteiger partial charge on any atom is -0.494 e. The number of hydrogen-bond donors (Lipinski definition) is 1. The molecule has 0 spiro atoms. The van der Waals surface area contributed by atoms with Gasteiger partial charge in [-0.25, -0.2) is 4.39 Å². The SMILES string of the molecule is CCCNC(Cc1ccc(OC)c(F)c1)C1CCOC1C. The quantitative estimate of drug-likeness (QED) is 0.838. The van der Waals surface area contributed by atoms with E-state index in [2.05, 4.69) is 19.2 Å². The van der Waals surface area contributed by atoms with Crippen LogP contribution in [0.4, 0.5) is 4.39 Å². The molecule has 0 amide bonds. The molecular formula is C17H26FNO2. The van der Waals surface area contributed by atoms with Crippen molar-refractivity contribution < 1.29 is 13.9 Å². The summed E-state index contributed by atoms with van der Waals surface area (Å²) in [5.41, 5.74) is 1.00.